The van der Waals surface area contributed by atoms with Gasteiger partial charge in [-0.1, -0.05) is 78.9 Å². The first kappa shape index (κ1) is 26.6. The number of para-hydroxylation sites is 1. The first-order chi connectivity index (χ1) is 19.4. The maximum atomic E-state index is 14.5. The number of carbonyl (C=O) groups excluding carboxylic acids is 3. The van der Waals surface area contributed by atoms with E-state index in [1.807, 2.05) is 91.0 Å². The van der Waals surface area contributed by atoms with E-state index in [0.29, 0.717) is 18.7 Å². The van der Waals surface area contributed by atoms with Crippen molar-refractivity contribution in [1.29, 1.82) is 0 Å². The van der Waals surface area contributed by atoms with Gasteiger partial charge in [-0.3, -0.25) is 14.4 Å². The lowest BCUT2D eigenvalue weighted by atomic mass is 9.66. The Kier molecular flexibility index (Phi) is 6.92. The molecule has 1 spiro atoms. The number of fused-ring (bicyclic) bond motifs is 1. The zero-order valence-corrected chi connectivity index (χ0v) is 23.1. The Morgan fingerprint density at radius 3 is 2.23 bits per heavy atom. The Labute approximate surface area is 238 Å². The van der Waals surface area contributed by atoms with Gasteiger partial charge in [0.2, 0.25) is 17.7 Å². The smallest absolute Gasteiger partial charge is 0.244 e. The average molecular weight is 556 g/mol. The number of anilines is 1. The lowest BCUT2D eigenvalue weighted by molar-refractivity contribution is -0.142. The Hall–Kier alpha value is -3.62. The van der Waals surface area contributed by atoms with Crippen molar-refractivity contribution < 1.29 is 19.5 Å². The highest BCUT2D eigenvalue weighted by Crippen LogP contribution is 2.72. The molecule has 3 saturated heterocycles. The SMILES string of the molecule is C[C@]12CCC3(S1)C(C(=O)NCc1ccccc1)N([C@H](CO)c1ccccc1)C(=O)[C@@H]3[C@H]2C(=O)Nc1ccccc1. The topological polar surface area (TPSA) is 98.7 Å². The van der Waals surface area contributed by atoms with Gasteiger partial charge in [0, 0.05) is 17.0 Å². The summed E-state index contributed by atoms with van der Waals surface area (Å²) in [5.74, 6) is -1.98. The molecule has 2 bridgehead atoms. The number of likely N-dealkylation sites (tertiary alicyclic amines) is 1. The minimum absolute atomic E-state index is 0.202. The molecule has 0 saturated carbocycles. The lowest BCUT2D eigenvalue weighted by Crippen LogP contribution is -2.54. The van der Waals surface area contributed by atoms with E-state index >= 15 is 0 Å². The van der Waals surface area contributed by atoms with E-state index in [-0.39, 0.29) is 24.3 Å². The molecule has 0 aliphatic carbocycles. The highest BCUT2D eigenvalue weighted by molar-refractivity contribution is 8.02. The van der Waals surface area contributed by atoms with Crippen LogP contribution in [0.1, 0.15) is 36.9 Å². The van der Waals surface area contributed by atoms with Crippen molar-refractivity contribution in [3.63, 3.8) is 0 Å². The molecule has 3 N–H and O–H groups in total. The third-order valence-corrected chi connectivity index (χ3v) is 10.8. The standard InChI is InChI=1S/C32H33N3O4S/c1-31-17-18-32(40-31)26(25(31)28(37)34-23-15-9-4-10-16-23)30(39)35(24(20-36)22-13-7-3-8-14-22)27(32)29(38)33-19-21-11-5-2-6-12-21/h2-16,24-27,36H,17-20H2,1H3,(H,33,38)(H,34,37)/t24-,25+,26+,27?,31-,32?/m1/s1. The van der Waals surface area contributed by atoms with Crippen LogP contribution in [0, 0.1) is 11.8 Å². The molecular weight excluding hydrogens is 522 g/mol. The second kappa shape index (κ2) is 10.4. The number of benzene rings is 3. The zero-order valence-electron chi connectivity index (χ0n) is 22.3. The number of nitrogens with one attached hydrogen (secondary N) is 2. The summed E-state index contributed by atoms with van der Waals surface area (Å²) in [5, 5.41) is 16.7. The molecule has 3 aromatic rings. The van der Waals surface area contributed by atoms with Gasteiger partial charge in [-0.25, -0.2) is 0 Å². The number of nitrogens with zero attached hydrogens (tertiary/aromatic N) is 1. The first-order valence-corrected chi connectivity index (χ1v) is 14.6. The van der Waals surface area contributed by atoms with E-state index in [0.717, 1.165) is 17.5 Å². The van der Waals surface area contributed by atoms with Crippen LogP contribution < -0.4 is 10.6 Å². The van der Waals surface area contributed by atoms with Crippen LogP contribution in [0.15, 0.2) is 91.0 Å². The fourth-order valence-corrected chi connectivity index (χ4v) is 9.40. The highest BCUT2D eigenvalue weighted by atomic mass is 32.2. The fourth-order valence-electron chi connectivity index (χ4n) is 7.05. The van der Waals surface area contributed by atoms with Gasteiger partial charge in [-0.05, 0) is 43.0 Å². The molecule has 6 atom stereocenters. The maximum Gasteiger partial charge on any atom is 0.244 e. The summed E-state index contributed by atoms with van der Waals surface area (Å²) in [6, 6.07) is 26.7. The predicted molar refractivity (Wildman–Crippen MR) is 155 cm³/mol. The van der Waals surface area contributed by atoms with Crippen molar-refractivity contribution in [3.05, 3.63) is 102 Å². The van der Waals surface area contributed by atoms with Crippen LogP contribution in [0.4, 0.5) is 5.69 Å². The minimum Gasteiger partial charge on any atom is -0.394 e. The molecule has 6 rings (SSSR count). The van der Waals surface area contributed by atoms with E-state index < -0.39 is 33.4 Å². The van der Waals surface area contributed by atoms with Gasteiger partial charge in [0.15, 0.2) is 0 Å². The third-order valence-electron chi connectivity index (χ3n) is 8.79. The molecular formula is C32H33N3O4S. The molecule has 3 fully saturated rings. The van der Waals surface area contributed by atoms with Gasteiger partial charge in [-0.2, -0.15) is 0 Å². The van der Waals surface area contributed by atoms with Crippen LogP contribution in [-0.4, -0.2) is 49.9 Å². The van der Waals surface area contributed by atoms with E-state index in [4.69, 9.17) is 0 Å². The molecule has 3 aliphatic heterocycles. The average Bonchev–Trinajstić information content (AvgIpc) is 3.55. The van der Waals surface area contributed by atoms with Crippen molar-refractivity contribution in [1.82, 2.24) is 10.2 Å². The largest absolute Gasteiger partial charge is 0.394 e. The van der Waals surface area contributed by atoms with Crippen molar-refractivity contribution in [2.45, 2.75) is 47.9 Å². The lowest BCUT2D eigenvalue weighted by Gasteiger charge is -2.37. The number of hydrogen-bond acceptors (Lipinski definition) is 5. The third kappa shape index (κ3) is 4.30. The van der Waals surface area contributed by atoms with Gasteiger partial charge in [0.25, 0.3) is 0 Å². The van der Waals surface area contributed by atoms with Crippen LogP contribution in [0.3, 0.4) is 0 Å². The minimum atomic E-state index is -0.826. The van der Waals surface area contributed by atoms with Gasteiger partial charge >= 0.3 is 0 Å². The summed E-state index contributed by atoms with van der Waals surface area (Å²) in [4.78, 5) is 44.0. The van der Waals surface area contributed by atoms with Gasteiger partial charge < -0.3 is 20.6 Å². The molecule has 8 heteroatoms. The number of aliphatic hydroxyl groups is 1. The number of rotatable bonds is 8. The summed E-state index contributed by atoms with van der Waals surface area (Å²) in [6.45, 7) is 2.05. The zero-order chi connectivity index (χ0) is 27.9. The quantitative estimate of drug-likeness (QED) is 0.388. The molecule has 3 aromatic carbocycles. The summed E-state index contributed by atoms with van der Waals surface area (Å²) in [7, 11) is 0. The van der Waals surface area contributed by atoms with Crippen LogP contribution in [0.25, 0.3) is 0 Å². The Morgan fingerprint density at radius 2 is 1.57 bits per heavy atom. The van der Waals surface area contributed by atoms with E-state index in [2.05, 4.69) is 17.6 Å². The van der Waals surface area contributed by atoms with E-state index in [1.54, 1.807) is 16.7 Å². The second-order valence-corrected chi connectivity index (χ2v) is 13.0. The summed E-state index contributed by atoms with van der Waals surface area (Å²) in [5.41, 5.74) is 2.39. The van der Waals surface area contributed by atoms with Crippen LogP contribution in [-0.2, 0) is 20.9 Å². The van der Waals surface area contributed by atoms with Crippen molar-refractivity contribution >= 4 is 35.2 Å². The fraction of sp³-hybridized carbons (Fsp3) is 0.344. The number of aliphatic hydroxyl groups excluding tert-OH is 1. The van der Waals surface area contributed by atoms with Gasteiger partial charge in [0.1, 0.15) is 6.04 Å². The second-order valence-electron chi connectivity index (χ2n) is 11.1. The van der Waals surface area contributed by atoms with E-state index in [9.17, 15) is 19.5 Å². The molecule has 3 amide bonds. The van der Waals surface area contributed by atoms with Gasteiger partial charge in [-0.15, -0.1) is 11.8 Å². The highest BCUT2D eigenvalue weighted by Gasteiger charge is 2.77. The molecule has 206 valence electrons. The molecule has 3 aliphatic rings. The summed E-state index contributed by atoms with van der Waals surface area (Å²) >= 11 is 1.62. The maximum absolute atomic E-state index is 14.5. The monoisotopic (exact) mass is 555 g/mol. The number of thioether (sulfide) groups is 1. The Morgan fingerprint density at radius 1 is 0.950 bits per heavy atom. The van der Waals surface area contributed by atoms with Crippen molar-refractivity contribution in [2.24, 2.45) is 11.8 Å². The predicted octanol–water partition coefficient (Wildman–Crippen LogP) is 4.16. The number of amides is 3. The van der Waals surface area contributed by atoms with Crippen LogP contribution in [0.2, 0.25) is 0 Å². The van der Waals surface area contributed by atoms with E-state index in [1.165, 1.54) is 0 Å². The number of hydrogen-bond donors (Lipinski definition) is 3. The first-order valence-electron chi connectivity index (χ1n) is 13.7. The Balaban J connectivity index is 1.39. The van der Waals surface area contributed by atoms with Gasteiger partial charge in [0.05, 0.1) is 29.2 Å². The van der Waals surface area contributed by atoms with Crippen molar-refractivity contribution in [2.75, 3.05) is 11.9 Å². The summed E-state index contributed by atoms with van der Waals surface area (Å²) < 4.78 is -1.25. The van der Waals surface area contributed by atoms with Crippen LogP contribution >= 0.6 is 11.8 Å². The number of carbonyl (C=O) groups is 3. The van der Waals surface area contributed by atoms with Crippen molar-refractivity contribution in [3.8, 4) is 0 Å². The summed E-state index contributed by atoms with van der Waals surface area (Å²) in [6.07, 6.45) is 1.37. The molecule has 0 radical (unpaired) electrons. The molecule has 3 heterocycles. The normalized spacial score (nSPS) is 29.2. The van der Waals surface area contributed by atoms with Crippen LogP contribution in [0.5, 0.6) is 0 Å². The molecule has 0 aromatic heterocycles. The molecule has 2 unspecified atom stereocenters. The molecule has 40 heavy (non-hydrogen) atoms. The Bertz CT molecular complexity index is 1410. The molecule has 7 nitrogen and oxygen atoms in total.